The second-order valence-corrected chi connectivity index (χ2v) is 4.59. The topological polar surface area (TPSA) is 62.3 Å². The molecule has 0 aliphatic carbocycles. The molecule has 1 aromatic heterocycles. The molecule has 1 atom stereocenters. The van der Waals surface area contributed by atoms with Gasteiger partial charge >= 0.3 is 6.18 Å². The van der Waals surface area contributed by atoms with E-state index in [9.17, 15) is 13.2 Å². The van der Waals surface area contributed by atoms with Gasteiger partial charge in [-0.05, 0) is 18.2 Å². The summed E-state index contributed by atoms with van der Waals surface area (Å²) in [6.07, 6.45) is -4.67. The third-order valence-electron chi connectivity index (χ3n) is 3.18. The third-order valence-corrected chi connectivity index (χ3v) is 3.18. The van der Waals surface area contributed by atoms with E-state index in [1.807, 2.05) is 0 Å². The van der Waals surface area contributed by atoms with Gasteiger partial charge in [0.1, 0.15) is 0 Å². The number of nitrogens with zero attached hydrogens (tertiary/aromatic N) is 2. The molecule has 2 aromatic rings. The molecule has 21 heavy (non-hydrogen) atoms. The molecule has 0 bridgehead atoms. The Bertz CT molecular complexity index is 625. The molecule has 0 aliphatic rings. The first-order chi connectivity index (χ1) is 9.86. The molecule has 0 saturated carbocycles. The summed E-state index contributed by atoms with van der Waals surface area (Å²) in [6.45, 7) is 0.689. The molecule has 1 heterocycles. The quantitative estimate of drug-likeness (QED) is 0.920. The molecule has 5 nitrogen and oxygen atoms in total. The second kappa shape index (κ2) is 5.90. The van der Waals surface area contributed by atoms with Gasteiger partial charge in [-0.1, -0.05) is 0 Å². The number of alkyl halides is 3. The number of rotatable bonds is 5. The summed E-state index contributed by atoms with van der Waals surface area (Å²) >= 11 is 0. The molecule has 0 aliphatic heterocycles. The Hall–Kier alpha value is -1.80. The number of hydrogen-bond acceptors (Lipinski definition) is 4. The summed E-state index contributed by atoms with van der Waals surface area (Å²) in [4.78, 5) is 3.98. The van der Waals surface area contributed by atoms with E-state index in [0.717, 1.165) is 12.1 Å². The molecule has 8 heteroatoms. The number of nitrogen functional groups attached to an aromatic ring is 1. The van der Waals surface area contributed by atoms with Gasteiger partial charge in [-0.3, -0.25) is 0 Å². The molecular formula is C13H16F3N3O2. The molecule has 0 saturated heterocycles. The van der Waals surface area contributed by atoms with Gasteiger partial charge in [-0.25, -0.2) is 4.98 Å². The van der Waals surface area contributed by atoms with Crippen LogP contribution < -0.4 is 5.73 Å². The lowest BCUT2D eigenvalue weighted by Crippen LogP contribution is -2.24. The van der Waals surface area contributed by atoms with Crippen LogP contribution >= 0.6 is 0 Å². The predicted octanol–water partition coefficient (Wildman–Crippen LogP) is 2.30. The fraction of sp³-hybridized carbons (Fsp3) is 0.462. The van der Waals surface area contributed by atoms with E-state index >= 15 is 0 Å². The minimum atomic E-state index is -4.40. The number of fused-ring (bicyclic) bond motifs is 1. The maximum absolute atomic E-state index is 12.7. The van der Waals surface area contributed by atoms with Crippen molar-refractivity contribution in [2.75, 3.05) is 26.6 Å². The van der Waals surface area contributed by atoms with Crippen molar-refractivity contribution in [1.29, 1.82) is 0 Å². The lowest BCUT2D eigenvalue weighted by molar-refractivity contribution is -0.137. The van der Waals surface area contributed by atoms with Crippen LogP contribution in [0.2, 0.25) is 0 Å². The Labute approximate surface area is 119 Å². The average molecular weight is 303 g/mol. The monoisotopic (exact) mass is 303 g/mol. The van der Waals surface area contributed by atoms with Crippen molar-refractivity contribution in [2.45, 2.75) is 18.8 Å². The summed E-state index contributed by atoms with van der Waals surface area (Å²) in [5.41, 5.74) is 5.77. The number of hydrogen-bond donors (Lipinski definition) is 1. The molecule has 0 fully saturated rings. The Morgan fingerprint density at radius 1 is 1.33 bits per heavy atom. The van der Waals surface area contributed by atoms with Crippen molar-refractivity contribution in [3.05, 3.63) is 23.8 Å². The first kappa shape index (κ1) is 15.6. The van der Waals surface area contributed by atoms with E-state index in [1.165, 1.54) is 20.3 Å². The lowest BCUT2D eigenvalue weighted by Gasteiger charge is -2.16. The van der Waals surface area contributed by atoms with Crippen LogP contribution in [0.1, 0.15) is 5.56 Å². The predicted molar refractivity (Wildman–Crippen MR) is 71.8 cm³/mol. The minimum Gasteiger partial charge on any atom is -0.382 e. The normalized spacial score (nSPS) is 13.8. The van der Waals surface area contributed by atoms with E-state index < -0.39 is 11.7 Å². The number of methoxy groups -OCH3 is 2. The molecule has 1 unspecified atom stereocenters. The van der Waals surface area contributed by atoms with Crippen LogP contribution in [0, 0.1) is 0 Å². The zero-order valence-corrected chi connectivity index (χ0v) is 11.6. The van der Waals surface area contributed by atoms with Crippen molar-refractivity contribution in [3.8, 4) is 0 Å². The molecule has 0 amide bonds. The van der Waals surface area contributed by atoms with Crippen LogP contribution in [0.25, 0.3) is 11.0 Å². The van der Waals surface area contributed by atoms with Gasteiger partial charge in [-0.2, -0.15) is 13.2 Å². The van der Waals surface area contributed by atoms with Crippen molar-refractivity contribution in [3.63, 3.8) is 0 Å². The van der Waals surface area contributed by atoms with Gasteiger partial charge in [0.2, 0.25) is 5.95 Å². The summed E-state index contributed by atoms with van der Waals surface area (Å²) in [6, 6.07) is 3.36. The maximum Gasteiger partial charge on any atom is 0.416 e. The maximum atomic E-state index is 12.7. The van der Waals surface area contributed by atoms with Crippen molar-refractivity contribution in [1.82, 2.24) is 9.55 Å². The summed E-state index contributed by atoms with van der Waals surface area (Å²) < 4.78 is 49.9. The Morgan fingerprint density at radius 2 is 2.05 bits per heavy atom. The van der Waals surface area contributed by atoms with E-state index in [2.05, 4.69) is 4.98 Å². The van der Waals surface area contributed by atoms with Crippen LogP contribution in [0.15, 0.2) is 18.2 Å². The number of ether oxygens (including phenoxy) is 2. The SMILES string of the molecule is COCC(Cn1c(N)nc2cc(C(F)(F)F)ccc21)OC. The Kier molecular flexibility index (Phi) is 4.38. The summed E-state index contributed by atoms with van der Waals surface area (Å²) in [7, 11) is 3.07. The number of halogens is 3. The number of anilines is 1. The molecule has 0 radical (unpaired) electrons. The first-order valence-corrected chi connectivity index (χ1v) is 6.21. The number of benzene rings is 1. The van der Waals surface area contributed by atoms with Crippen LogP contribution in [0.4, 0.5) is 19.1 Å². The smallest absolute Gasteiger partial charge is 0.382 e. The summed E-state index contributed by atoms with van der Waals surface area (Å²) in [5.74, 6) is 0.141. The van der Waals surface area contributed by atoms with E-state index in [1.54, 1.807) is 4.57 Å². The number of nitrogens with two attached hydrogens (primary N) is 1. The zero-order chi connectivity index (χ0) is 15.6. The highest BCUT2D eigenvalue weighted by Gasteiger charge is 2.31. The molecular weight excluding hydrogens is 287 g/mol. The standard InChI is InChI=1S/C13H16F3N3O2/c1-20-7-9(21-2)6-19-11-4-3-8(13(14,15)16)5-10(11)18-12(19)17/h3-5,9H,6-7H2,1-2H3,(H2,17,18). The Morgan fingerprint density at radius 3 is 2.62 bits per heavy atom. The second-order valence-electron chi connectivity index (χ2n) is 4.59. The fourth-order valence-corrected chi connectivity index (χ4v) is 2.10. The van der Waals surface area contributed by atoms with Crippen LogP contribution in [0.3, 0.4) is 0 Å². The molecule has 1 aromatic carbocycles. The lowest BCUT2D eigenvalue weighted by atomic mass is 10.2. The Balaban J connectivity index is 2.39. The van der Waals surface area contributed by atoms with Crippen molar-refractivity contribution < 1.29 is 22.6 Å². The van der Waals surface area contributed by atoms with E-state index in [-0.39, 0.29) is 17.6 Å². The molecule has 116 valence electrons. The van der Waals surface area contributed by atoms with E-state index in [4.69, 9.17) is 15.2 Å². The molecule has 2 rings (SSSR count). The minimum absolute atomic E-state index is 0.141. The fourth-order valence-electron chi connectivity index (χ4n) is 2.10. The van der Waals surface area contributed by atoms with Gasteiger partial charge in [-0.15, -0.1) is 0 Å². The zero-order valence-electron chi connectivity index (χ0n) is 11.6. The van der Waals surface area contributed by atoms with Gasteiger partial charge in [0.05, 0.1) is 35.9 Å². The highest BCUT2D eigenvalue weighted by Crippen LogP contribution is 2.31. The largest absolute Gasteiger partial charge is 0.416 e. The number of aromatic nitrogens is 2. The molecule has 2 N–H and O–H groups in total. The van der Waals surface area contributed by atoms with Gasteiger partial charge in [0, 0.05) is 14.2 Å². The van der Waals surface area contributed by atoms with Crippen molar-refractivity contribution >= 4 is 17.0 Å². The van der Waals surface area contributed by atoms with Crippen LogP contribution in [0.5, 0.6) is 0 Å². The van der Waals surface area contributed by atoms with Crippen LogP contribution in [-0.2, 0) is 22.2 Å². The van der Waals surface area contributed by atoms with E-state index in [0.29, 0.717) is 18.7 Å². The first-order valence-electron chi connectivity index (χ1n) is 6.21. The summed E-state index contributed by atoms with van der Waals surface area (Å²) in [5, 5.41) is 0. The average Bonchev–Trinajstić information content (AvgIpc) is 2.72. The van der Waals surface area contributed by atoms with Gasteiger partial charge < -0.3 is 19.8 Å². The van der Waals surface area contributed by atoms with Gasteiger partial charge in [0.25, 0.3) is 0 Å². The number of imidazole rings is 1. The highest BCUT2D eigenvalue weighted by atomic mass is 19.4. The highest BCUT2D eigenvalue weighted by molar-refractivity contribution is 5.79. The van der Waals surface area contributed by atoms with Crippen molar-refractivity contribution in [2.24, 2.45) is 0 Å². The van der Waals surface area contributed by atoms with Crippen LogP contribution in [-0.4, -0.2) is 36.5 Å². The van der Waals surface area contributed by atoms with Gasteiger partial charge in [0.15, 0.2) is 0 Å². The molecule has 0 spiro atoms. The third kappa shape index (κ3) is 3.27.